The summed E-state index contributed by atoms with van der Waals surface area (Å²) in [5, 5.41) is 2.90. The van der Waals surface area contributed by atoms with E-state index in [0.29, 0.717) is 12.1 Å². The highest BCUT2D eigenvalue weighted by Crippen LogP contribution is 2.12. The number of anilines is 2. The maximum absolute atomic E-state index is 12.0. The summed E-state index contributed by atoms with van der Waals surface area (Å²) in [5.74, 6) is -0.0289. The Balaban J connectivity index is 1.94. The maximum atomic E-state index is 12.0. The molecule has 20 heavy (non-hydrogen) atoms. The molecule has 0 heterocycles. The van der Waals surface area contributed by atoms with Gasteiger partial charge in [0.2, 0.25) is 5.91 Å². The van der Waals surface area contributed by atoms with E-state index in [-0.39, 0.29) is 5.91 Å². The number of rotatable bonds is 5. The molecule has 0 atom stereocenters. The molecule has 0 aliphatic heterocycles. The van der Waals surface area contributed by atoms with E-state index in [9.17, 15) is 4.79 Å². The number of benzene rings is 2. The molecule has 1 amide bonds. The second-order valence-corrected chi connectivity index (χ2v) is 4.92. The van der Waals surface area contributed by atoms with Gasteiger partial charge in [0.05, 0.1) is 6.42 Å². The van der Waals surface area contributed by atoms with Gasteiger partial charge in [0, 0.05) is 11.4 Å². The van der Waals surface area contributed by atoms with Crippen LogP contribution in [0.5, 0.6) is 0 Å². The van der Waals surface area contributed by atoms with Crippen LogP contribution in [0.15, 0.2) is 48.5 Å². The predicted octanol–water partition coefficient (Wildman–Crippen LogP) is 3.40. The van der Waals surface area contributed by atoms with Crippen molar-refractivity contribution >= 4 is 17.3 Å². The van der Waals surface area contributed by atoms with Gasteiger partial charge in [-0.1, -0.05) is 37.6 Å². The Morgan fingerprint density at radius 3 is 2.50 bits per heavy atom. The van der Waals surface area contributed by atoms with Crippen molar-refractivity contribution in [2.75, 3.05) is 11.1 Å². The SMILES string of the molecule is CCCc1ccc(NC(=O)Cc2cccc(N)c2)cc1. The lowest BCUT2D eigenvalue weighted by molar-refractivity contribution is -0.115. The molecular formula is C17H20N2O. The zero-order valence-electron chi connectivity index (χ0n) is 11.7. The lowest BCUT2D eigenvalue weighted by Crippen LogP contribution is -2.14. The molecule has 104 valence electrons. The Bertz CT molecular complexity index is 576. The average molecular weight is 268 g/mol. The Labute approximate surface area is 119 Å². The number of carbonyl (C=O) groups is 1. The normalized spacial score (nSPS) is 10.2. The van der Waals surface area contributed by atoms with E-state index in [1.807, 2.05) is 36.4 Å². The number of carbonyl (C=O) groups excluding carboxylic acids is 1. The molecule has 2 aromatic carbocycles. The second-order valence-electron chi connectivity index (χ2n) is 4.92. The van der Waals surface area contributed by atoms with E-state index in [0.717, 1.165) is 24.1 Å². The van der Waals surface area contributed by atoms with E-state index in [1.165, 1.54) is 5.56 Å². The topological polar surface area (TPSA) is 55.1 Å². The third-order valence-electron chi connectivity index (χ3n) is 3.09. The summed E-state index contributed by atoms with van der Waals surface area (Å²) in [7, 11) is 0. The number of nitrogens with one attached hydrogen (secondary N) is 1. The van der Waals surface area contributed by atoms with E-state index < -0.39 is 0 Å². The third-order valence-corrected chi connectivity index (χ3v) is 3.09. The van der Waals surface area contributed by atoms with Gasteiger partial charge >= 0.3 is 0 Å². The molecule has 3 N–H and O–H groups in total. The summed E-state index contributed by atoms with van der Waals surface area (Å²) >= 11 is 0. The van der Waals surface area contributed by atoms with Crippen LogP contribution in [0, 0.1) is 0 Å². The number of nitrogen functional groups attached to an aromatic ring is 1. The number of aryl methyl sites for hydroxylation is 1. The molecule has 0 aromatic heterocycles. The summed E-state index contributed by atoms with van der Waals surface area (Å²) in [6.07, 6.45) is 2.53. The van der Waals surface area contributed by atoms with E-state index in [2.05, 4.69) is 24.4 Å². The molecule has 0 aliphatic rings. The van der Waals surface area contributed by atoms with Crippen LogP contribution >= 0.6 is 0 Å². The molecule has 0 saturated carbocycles. The van der Waals surface area contributed by atoms with E-state index in [1.54, 1.807) is 0 Å². The molecule has 3 heteroatoms. The number of amides is 1. The van der Waals surface area contributed by atoms with Gasteiger partial charge in [-0.15, -0.1) is 0 Å². The monoisotopic (exact) mass is 268 g/mol. The van der Waals surface area contributed by atoms with Crippen LogP contribution in [0.4, 0.5) is 11.4 Å². The van der Waals surface area contributed by atoms with E-state index in [4.69, 9.17) is 5.73 Å². The molecule has 0 bridgehead atoms. The quantitative estimate of drug-likeness (QED) is 0.816. The largest absolute Gasteiger partial charge is 0.399 e. The van der Waals surface area contributed by atoms with Gasteiger partial charge in [0.15, 0.2) is 0 Å². The summed E-state index contributed by atoms with van der Waals surface area (Å²) in [6, 6.07) is 15.4. The fraction of sp³-hybridized carbons (Fsp3) is 0.235. The van der Waals surface area contributed by atoms with Crippen LogP contribution in [-0.4, -0.2) is 5.91 Å². The van der Waals surface area contributed by atoms with Crippen LogP contribution in [0.2, 0.25) is 0 Å². The molecule has 0 saturated heterocycles. The van der Waals surface area contributed by atoms with Crippen molar-refractivity contribution in [2.45, 2.75) is 26.2 Å². The van der Waals surface area contributed by atoms with Crippen LogP contribution in [0.1, 0.15) is 24.5 Å². The van der Waals surface area contributed by atoms with Gasteiger partial charge in [-0.25, -0.2) is 0 Å². The molecule has 3 nitrogen and oxygen atoms in total. The van der Waals surface area contributed by atoms with Gasteiger partial charge < -0.3 is 11.1 Å². The fourth-order valence-corrected chi connectivity index (χ4v) is 2.14. The summed E-state index contributed by atoms with van der Waals surface area (Å²) in [4.78, 5) is 12.0. The molecule has 0 spiro atoms. The average Bonchev–Trinajstić information content (AvgIpc) is 2.41. The summed E-state index contributed by atoms with van der Waals surface area (Å²) in [5.41, 5.74) is 9.43. The van der Waals surface area contributed by atoms with Crippen LogP contribution in [-0.2, 0) is 17.6 Å². The van der Waals surface area contributed by atoms with Gasteiger partial charge in [-0.05, 0) is 41.8 Å². The van der Waals surface area contributed by atoms with Crippen LogP contribution < -0.4 is 11.1 Å². The van der Waals surface area contributed by atoms with Gasteiger partial charge in [-0.2, -0.15) is 0 Å². The Kier molecular flexibility index (Phi) is 4.77. The lowest BCUT2D eigenvalue weighted by atomic mass is 10.1. The predicted molar refractivity (Wildman–Crippen MR) is 83.6 cm³/mol. The van der Waals surface area contributed by atoms with Crippen LogP contribution in [0.25, 0.3) is 0 Å². The number of hydrogen-bond donors (Lipinski definition) is 2. The highest BCUT2D eigenvalue weighted by Gasteiger charge is 2.04. The van der Waals surface area contributed by atoms with Crippen molar-refractivity contribution in [2.24, 2.45) is 0 Å². The van der Waals surface area contributed by atoms with Gasteiger partial charge in [0.1, 0.15) is 0 Å². The summed E-state index contributed by atoms with van der Waals surface area (Å²) < 4.78 is 0. The molecule has 0 unspecified atom stereocenters. The molecule has 2 rings (SSSR count). The zero-order valence-corrected chi connectivity index (χ0v) is 11.7. The first-order chi connectivity index (χ1) is 9.67. The Morgan fingerprint density at radius 2 is 1.85 bits per heavy atom. The third kappa shape index (κ3) is 4.12. The molecule has 0 fully saturated rings. The highest BCUT2D eigenvalue weighted by molar-refractivity contribution is 5.92. The first-order valence-electron chi connectivity index (χ1n) is 6.90. The molecule has 2 aromatic rings. The maximum Gasteiger partial charge on any atom is 0.228 e. The molecule has 0 radical (unpaired) electrons. The number of nitrogens with two attached hydrogens (primary N) is 1. The Morgan fingerprint density at radius 1 is 1.10 bits per heavy atom. The van der Waals surface area contributed by atoms with Crippen molar-refractivity contribution in [1.29, 1.82) is 0 Å². The van der Waals surface area contributed by atoms with Crippen molar-refractivity contribution in [3.63, 3.8) is 0 Å². The van der Waals surface area contributed by atoms with Crippen molar-refractivity contribution in [1.82, 2.24) is 0 Å². The van der Waals surface area contributed by atoms with Crippen molar-refractivity contribution < 1.29 is 4.79 Å². The molecular weight excluding hydrogens is 248 g/mol. The highest BCUT2D eigenvalue weighted by atomic mass is 16.1. The van der Waals surface area contributed by atoms with Crippen LogP contribution in [0.3, 0.4) is 0 Å². The standard InChI is InChI=1S/C17H20N2O/c1-2-4-13-7-9-16(10-8-13)19-17(20)12-14-5-3-6-15(18)11-14/h3,5-11H,2,4,12,18H2,1H3,(H,19,20). The Hall–Kier alpha value is -2.29. The van der Waals surface area contributed by atoms with Gasteiger partial charge in [-0.3, -0.25) is 4.79 Å². The van der Waals surface area contributed by atoms with Crippen molar-refractivity contribution in [3.8, 4) is 0 Å². The van der Waals surface area contributed by atoms with E-state index >= 15 is 0 Å². The minimum atomic E-state index is -0.0289. The minimum absolute atomic E-state index is 0.0289. The molecule has 0 aliphatic carbocycles. The number of hydrogen-bond acceptors (Lipinski definition) is 2. The summed E-state index contributed by atoms with van der Waals surface area (Å²) in [6.45, 7) is 2.15. The first kappa shape index (κ1) is 14.1. The second kappa shape index (κ2) is 6.75. The first-order valence-corrected chi connectivity index (χ1v) is 6.90. The van der Waals surface area contributed by atoms with Gasteiger partial charge in [0.25, 0.3) is 0 Å². The zero-order chi connectivity index (χ0) is 14.4. The van der Waals surface area contributed by atoms with Crippen molar-refractivity contribution in [3.05, 3.63) is 59.7 Å². The smallest absolute Gasteiger partial charge is 0.228 e. The lowest BCUT2D eigenvalue weighted by Gasteiger charge is -2.07. The minimum Gasteiger partial charge on any atom is -0.399 e. The fourth-order valence-electron chi connectivity index (χ4n) is 2.14.